The first kappa shape index (κ1) is 13.0. The van der Waals surface area contributed by atoms with Gasteiger partial charge in [0, 0.05) is 25.3 Å². The Morgan fingerprint density at radius 2 is 2.00 bits per heavy atom. The molecule has 20 heavy (non-hydrogen) atoms. The SMILES string of the molecule is O=C(O)C1Cc2ccccc2N(CC(=O)N2CCC2)C1. The molecule has 0 spiro atoms. The molecule has 2 aliphatic heterocycles. The summed E-state index contributed by atoms with van der Waals surface area (Å²) in [6, 6.07) is 7.77. The molecule has 5 nitrogen and oxygen atoms in total. The van der Waals surface area contributed by atoms with Crippen molar-refractivity contribution in [3.05, 3.63) is 29.8 Å². The van der Waals surface area contributed by atoms with Gasteiger partial charge in [-0.2, -0.15) is 0 Å². The van der Waals surface area contributed by atoms with Gasteiger partial charge in [-0.1, -0.05) is 18.2 Å². The number of hydrogen-bond donors (Lipinski definition) is 1. The maximum Gasteiger partial charge on any atom is 0.308 e. The molecular weight excluding hydrogens is 256 g/mol. The molecule has 3 rings (SSSR count). The second-order valence-corrected chi connectivity index (χ2v) is 5.48. The van der Waals surface area contributed by atoms with E-state index in [1.54, 1.807) is 0 Å². The van der Waals surface area contributed by atoms with Crippen LogP contribution in [0.1, 0.15) is 12.0 Å². The molecule has 1 atom stereocenters. The van der Waals surface area contributed by atoms with Crippen molar-refractivity contribution in [2.45, 2.75) is 12.8 Å². The Hall–Kier alpha value is -2.04. The number of benzene rings is 1. The summed E-state index contributed by atoms with van der Waals surface area (Å²) < 4.78 is 0. The molecule has 0 aliphatic carbocycles. The van der Waals surface area contributed by atoms with E-state index >= 15 is 0 Å². The third-order valence-corrected chi connectivity index (χ3v) is 4.12. The Morgan fingerprint density at radius 3 is 2.65 bits per heavy atom. The highest BCUT2D eigenvalue weighted by atomic mass is 16.4. The van der Waals surface area contributed by atoms with Crippen LogP contribution in [-0.4, -0.2) is 48.1 Å². The Kier molecular flexibility index (Phi) is 3.34. The summed E-state index contributed by atoms with van der Waals surface area (Å²) in [6.07, 6.45) is 1.61. The van der Waals surface area contributed by atoms with Gasteiger partial charge in [0.05, 0.1) is 12.5 Å². The quantitative estimate of drug-likeness (QED) is 0.892. The summed E-state index contributed by atoms with van der Waals surface area (Å²) >= 11 is 0. The van der Waals surface area contributed by atoms with Crippen LogP contribution in [-0.2, 0) is 16.0 Å². The lowest BCUT2D eigenvalue weighted by Crippen LogP contribution is -2.49. The number of amides is 1. The van der Waals surface area contributed by atoms with Crippen LogP contribution < -0.4 is 4.90 Å². The highest BCUT2D eigenvalue weighted by Gasteiger charge is 2.31. The van der Waals surface area contributed by atoms with Gasteiger partial charge in [-0.25, -0.2) is 0 Å². The second kappa shape index (κ2) is 5.15. The normalized spacial score (nSPS) is 21.1. The summed E-state index contributed by atoms with van der Waals surface area (Å²) in [4.78, 5) is 27.1. The minimum absolute atomic E-state index is 0.0945. The molecule has 2 heterocycles. The lowest BCUT2D eigenvalue weighted by atomic mass is 9.92. The molecule has 2 aliphatic rings. The average Bonchev–Trinajstić information content (AvgIpc) is 2.36. The molecule has 0 bridgehead atoms. The van der Waals surface area contributed by atoms with E-state index in [9.17, 15) is 14.7 Å². The van der Waals surface area contributed by atoms with Gasteiger partial charge in [-0.3, -0.25) is 9.59 Å². The number of aliphatic carboxylic acids is 1. The molecular formula is C15H18N2O3. The van der Waals surface area contributed by atoms with E-state index in [0.29, 0.717) is 13.0 Å². The van der Waals surface area contributed by atoms with Gasteiger partial charge in [0.2, 0.25) is 5.91 Å². The fraction of sp³-hybridized carbons (Fsp3) is 0.467. The number of carboxylic acids is 1. The van der Waals surface area contributed by atoms with Crippen molar-refractivity contribution in [1.29, 1.82) is 0 Å². The van der Waals surface area contributed by atoms with Gasteiger partial charge in [0.15, 0.2) is 0 Å². The third-order valence-electron chi connectivity index (χ3n) is 4.12. The van der Waals surface area contributed by atoms with E-state index in [-0.39, 0.29) is 12.5 Å². The van der Waals surface area contributed by atoms with Crippen molar-refractivity contribution in [3.63, 3.8) is 0 Å². The number of likely N-dealkylation sites (tertiary alicyclic amines) is 1. The molecule has 106 valence electrons. The van der Waals surface area contributed by atoms with Crippen LogP contribution in [0.4, 0.5) is 5.69 Å². The van der Waals surface area contributed by atoms with Gasteiger partial charge >= 0.3 is 5.97 Å². The number of para-hydroxylation sites is 1. The van der Waals surface area contributed by atoms with Gasteiger partial charge < -0.3 is 14.9 Å². The molecule has 1 unspecified atom stereocenters. The van der Waals surface area contributed by atoms with Gasteiger partial charge in [-0.15, -0.1) is 0 Å². The first-order chi connectivity index (χ1) is 9.65. The van der Waals surface area contributed by atoms with Gasteiger partial charge in [0.25, 0.3) is 0 Å². The number of carbonyl (C=O) groups is 2. The third kappa shape index (κ3) is 2.35. The molecule has 1 saturated heterocycles. The highest BCUT2D eigenvalue weighted by Crippen LogP contribution is 2.29. The van der Waals surface area contributed by atoms with Crippen molar-refractivity contribution in [2.24, 2.45) is 5.92 Å². The number of anilines is 1. The Bertz CT molecular complexity index is 540. The zero-order chi connectivity index (χ0) is 14.1. The molecule has 1 fully saturated rings. The zero-order valence-corrected chi connectivity index (χ0v) is 11.3. The largest absolute Gasteiger partial charge is 0.481 e. The maximum atomic E-state index is 12.1. The van der Waals surface area contributed by atoms with Crippen molar-refractivity contribution < 1.29 is 14.7 Å². The van der Waals surface area contributed by atoms with Crippen LogP contribution in [0, 0.1) is 5.92 Å². The van der Waals surface area contributed by atoms with E-state index in [1.807, 2.05) is 34.1 Å². The molecule has 5 heteroatoms. The van der Waals surface area contributed by atoms with Crippen molar-refractivity contribution >= 4 is 17.6 Å². The summed E-state index contributed by atoms with van der Waals surface area (Å²) in [6.45, 7) is 2.35. The van der Waals surface area contributed by atoms with Gasteiger partial charge in [-0.05, 0) is 24.5 Å². The minimum Gasteiger partial charge on any atom is -0.481 e. The maximum absolute atomic E-state index is 12.1. The van der Waals surface area contributed by atoms with E-state index < -0.39 is 11.9 Å². The first-order valence-corrected chi connectivity index (χ1v) is 6.98. The fourth-order valence-corrected chi connectivity index (χ4v) is 2.83. The number of nitrogens with zero attached hydrogens (tertiary/aromatic N) is 2. The first-order valence-electron chi connectivity index (χ1n) is 6.98. The summed E-state index contributed by atoms with van der Waals surface area (Å²) in [7, 11) is 0. The lowest BCUT2D eigenvalue weighted by Gasteiger charge is -2.37. The number of rotatable bonds is 3. The van der Waals surface area contributed by atoms with Crippen molar-refractivity contribution in [2.75, 3.05) is 31.1 Å². The van der Waals surface area contributed by atoms with Crippen molar-refractivity contribution in [1.82, 2.24) is 4.90 Å². The lowest BCUT2D eigenvalue weighted by molar-refractivity contribution is -0.142. The molecule has 0 aromatic heterocycles. The van der Waals surface area contributed by atoms with Crippen LogP contribution in [0.15, 0.2) is 24.3 Å². The predicted octanol–water partition coefficient (Wildman–Crippen LogP) is 0.982. The smallest absolute Gasteiger partial charge is 0.308 e. The van der Waals surface area contributed by atoms with Crippen LogP contribution in [0.25, 0.3) is 0 Å². The minimum atomic E-state index is -0.791. The topological polar surface area (TPSA) is 60.9 Å². The molecule has 1 N–H and O–H groups in total. The van der Waals surface area contributed by atoms with E-state index in [0.717, 1.165) is 30.8 Å². The highest BCUT2D eigenvalue weighted by molar-refractivity contribution is 5.83. The Balaban J connectivity index is 1.80. The second-order valence-electron chi connectivity index (χ2n) is 5.48. The molecule has 0 radical (unpaired) electrons. The molecule has 0 saturated carbocycles. The van der Waals surface area contributed by atoms with Gasteiger partial charge in [0.1, 0.15) is 0 Å². The summed E-state index contributed by atoms with van der Waals surface area (Å²) in [5.41, 5.74) is 2.02. The monoisotopic (exact) mass is 274 g/mol. The zero-order valence-electron chi connectivity index (χ0n) is 11.3. The average molecular weight is 274 g/mol. The van der Waals surface area contributed by atoms with E-state index in [1.165, 1.54) is 0 Å². The number of carbonyl (C=O) groups excluding carboxylic acids is 1. The van der Waals surface area contributed by atoms with Crippen molar-refractivity contribution in [3.8, 4) is 0 Å². The number of carboxylic acid groups (broad SMARTS) is 1. The standard InChI is InChI=1S/C15H18N2O3/c18-14(16-6-3-7-16)10-17-9-12(15(19)20)8-11-4-1-2-5-13(11)17/h1-2,4-5,12H,3,6-10H2,(H,19,20). The summed E-state index contributed by atoms with van der Waals surface area (Å²) in [5.74, 6) is -1.13. The predicted molar refractivity (Wildman–Crippen MR) is 74.7 cm³/mol. The fourth-order valence-electron chi connectivity index (χ4n) is 2.83. The number of fused-ring (bicyclic) bond motifs is 1. The molecule has 1 amide bonds. The van der Waals surface area contributed by atoms with Crippen LogP contribution in [0.3, 0.4) is 0 Å². The van der Waals surface area contributed by atoms with Crippen LogP contribution >= 0.6 is 0 Å². The van der Waals surface area contributed by atoms with E-state index in [4.69, 9.17) is 0 Å². The Morgan fingerprint density at radius 1 is 1.25 bits per heavy atom. The molecule has 1 aromatic rings. The van der Waals surface area contributed by atoms with Crippen LogP contribution in [0.5, 0.6) is 0 Å². The summed E-state index contributed by atoms with van der Waals surface area (Å²) in [5, 5.41) is 9.26. The Labute approximate surface area is 117 Å². The molecule has 1 aromatic carbocycles. The van der Waals surface area contributed by atoms with Crippen LogP contribution in [0.2, 0.25) is 0 Å². The van der Waals surface area contributed by atoms with E-state index in [2.05, 4.69) is 0 Å². The number of hydrogen-bond acceptors (Lipinski definition) is 3.